The van der Waals surface area contributed by atoms with E-state index in [1.54, 1.807) is 0 Å². The fourth-order valence-corrected chi connectivity index (χ4v) is 1.96. The summed E-state index contributed by atoms with van der Waals surface area (Å²) in [6, 6.07) is -1.30. The Morgan fingerprint density at radius 3 is 2.29 bits per heavy atom. The highest BCUT2D eigenvalue weighted by atomic mass is 32.2. The van der Waals surface area contributed by atoms with Crippen LogP contribution in [0.2, 0.25) is 0 Å². The monoisotopic (exact) mass is 224 g/mol. The van der Waals surface area contributed by atoms with Crippen molar-refractivity contribution in [2.75, 3.05) is 18.6 Å². The molecule has 0 heterocycles. The lowest BCUT2D eigenvalue weighted by Gasteiger charge is -2.07. The molecule has 0 rings (SSSR count). The van der Waals surface area contributed by atoms with E-state index in [0.29, 0.717) is 0 Å². The summed E-state index contributed by atoms with van der Waals surface area (Å²) in [6.07, 6.45) is 0. The average Bonchev–Trinajstić information content (AvgIpc) is 2.02. The number of esters is 1. The number of rotatable bonds is 5. The molecule has 7 nitrogen and oxygen atoms in total. The van der Waals surface area contributed by atoms with Gasteiger partial charge in [0.25, 0.3) is 0 Å². The van der Waals surface area contributed by atoms with Crippen molar-refractivity contribution in [2.45, 2.75) is 6.04 Å². The van der Waals surface area contributed by atoms with Gasteiger partial charge >= 0.3 is 5.97 Å². The van der Waals surface area contributed by atoms with Crippen LogP contribution in [0.3, 0.4) is 0 Å². The van der Waals surface area contributed by atoms with E-state index in [0.717, 1.165) is 7.11 Å². The van der Waals surface area contributed by atoms with Crippen LogP contribution < -0.4 is 11.5 Å². The highest BCUT2D eigenvalue weighted by molar-refractivity contribution is 7.92. The van der Waals surface area contributed by atoms with Crippen molar-refractivity contribution in [3.63, 3.8) is 0 Å². The lowest BCUT2D eigenvalue weighted by Crippen LogP contribution is -2.43. The van der Waals surface area contributed by atoms with Crippen LogP contribution in [0.1, 0.15) is 0 Å². The number of carbonyl (C=O) groups excluding carboxylic acids is 2. The van der Waals surface area contributed by atoms with Gasteiger partial charge in [-0.05, 0) is 0 Å². The molecule has 0 fully saturated rings. The van der Waals surface area contributed by atoms with E-state index in [9.17, 15) is 18.0 Å². The molecule has 0 saturated heterocycles. The van der Waals surface area contributed by atoms with E-state index in [2.05, 4.69) is 4.74 Å². The Labute approximate surface area is 81.3 Å². The molecule has 0 aromatic heterocycles. The first-order chi connectivity index (χ1) is 6.28. The van der Waals surface area contributed by atoms with Crippen LogP contribution >= 0.6 is 0 Å². The fraction of sp³-hybridized carbons (Fsp3) is 0.667. The molecule has 0 aliphatic rings. The zero-order valence-corrected chi connectivity index (χ0v) is 8.41. The predicted octanol–water partition coefficient (Wildman–Crippen LogP) is -2.61. The Balaban J connectivity index is 4.36. The number of primary amides is 1. The Morgan fingerprint density at radius 2 is 1.93 bits per heavy atom. The maximum Gasteiger partial charge on any atom is 0.320 e. The van der Waals surface area contributed by atoms with E-state index < -0.39 is 39.3 Å². The first-order valence-electron chi connectivity index (χ1n) is 3.60. The molecule has 1 unspecified atom stereocenters. The summed E-state index contributed by atoms with van der Waals surface area (Å²) in [4.78, 5) is 21.1. The zero-order valence-electron chi connectivity index (χ0n) is 7.60. The SMILES string of the molecule is COC(=O)CS(=O)(=O)CC(N)C(N)=O. The minimum Gasteiger partial charge on any atom is -0.468 e. The highest BCUT2D eigenvalue weighted by Gasteiger charge is 2.23. The first-order valence-corrected chi connectivity index (χ1v) is 5.43. The number of nitrogens with two attached hydrogens (primary N) is 2. The van der Waals surface area contributed by atoms with Crippen molar-refractivity contribution >= 4 is 21.7 Å². The molecule has 0 aromatic rings. The van der Waals surface area contributed by atoms with Crippen LogP contribution in [-0.2, 0) is 24.2 Å². The minimum absolute atomic E-state index is 0.655. The maximum atomic E-state index is 11.1. The molecular formula is C6H12N2O5S. The molecule has 0 bridgehead atoms. The quantitative estimate of drug-likeness (QED) is 0.492. The number of hydrogen-bond acceptors (Lipinski definition) is 6. The Hall–Kier alpha value is -1.15. The van der Waals surface area contributed by atoms with Crippen molar-refractivity contribution in [1.29, 1.82) is 0 Å². The van der Waals surface area contributed by atoms with Crippen molar-refractivity contribution in [2.24, 2.45) is 11.5 Å². The third-order valence-electron chi connectivity index (χ3n) is 1.36. The van der Waals surface area contributed by atoms with Crippen LogP contribution in [0, 0.1) is 0 Å². The Bertz CT molecular complexity index is 323. The fourth-order valence-electron chi connectivity index (χ4n) is 0.653. The summed E-state index contributed by atoms with van der Waals surface area (Å²) in [5.74, 6) is -3.29. The van der Waals surface area contributed by atoms with Gasteiger partial charge in [0.05, 0.1) is 18.9 Å². The molecule has 0 aliphatic carbocycles. The van der Waals surface area contributed by atoms with Crippen LogP contribution in [0.5, 0.6) is 0 Å². The predicted molar refractivity (Wildman–Crippen MR) is 47.8 cm³/mol. The van der Waals surface area contributed by atoms with Crippen LogP contribution in [0.4, 0.5) is 0 Å². The molecule has 8 heteroatoms. The molecule has 0 aromatic carbocycles. The molecule has 0 saturated carbocycles. The van der Waals surface area contributed by atoms with Gasteiger partial charge in [0, 0.05) is 0 Å². The number of methoxy groups -OCH3 is 1. The third kappa shape index (κ3) is 4.77. The second-order valence-electron chi connectivity index (χ2n) is 2.64. The Morgan fingerprint density at radius 1 is 1.43 bits per heavy atom. The molecule has 1 amide bonds. The van der Waals surface area contributed by atoms with E-state index in [4.69, 9.17) is 11.5 Å². The van der Waals surface area contributed by atoms with Gasteiger partial charge < -0.3 is 16.2 Å². The summed E-state index contributed by atoms with van der Waals surface area (Å²) in [7, 11) is -2.68. The molecule has 1 atom stereocenters. The topological polar surface area (TPSA) is 130 Å². The molecule has 0 aliphatic heterocycles. The first kappa shape index (κ1) is 12.8. The van der Waals surface area contributed by atoms with Gasteiger partial charge in [-0.15, -0.1) is 0 Å². The summed E-state index contributed by atoms with van der Waals surface area (Å²) in [5, 5.41) is 0. The average molecular weight is 224 g/mol. The van der Waals surface area contributed by atoms with Gasteiger partial charge in [-0.1, -0.05) is 0 Å². The highest BCUT2D eigenvalue weighted by Crippen LogP contribution is 1.94. The standard InChI is InChI=1S/C6H12N2O5S/c1-13-5(9)3-14(11,12)2-4(7)6(8)10/h4H,2-3,7H2,1H3,(H2,8,10). The van der Waals surface area contributed by atoms with E-state index in [-0.39, 0.29) is 0 Å². The number of ether oxygens (including phenoxy) is 1. The van der Waals surface area contributed by atoms with Gasteiger partial charge in [0.1, 0.15) is 5.75 Å². The van der Waals surface area contributed by atoms with Gasteiger partial charge in [0.15, 0.2) is 9.84 Å². The summed E-state index contributed by atoms with van der Waals surface area (Å²) in [5.41, 5.74) is 9.88. The summed E-state index contributed by atoms with van der Waals surface area (Å²) < 4.78 is 26.4. The van der Waals surface area contributed by atoms with Gasteiger partial charge in [-0.3, -0.25) is 9.59 Å². The second kappa shape index (κ2) is 4.91. The largest absolute Gasteiger partial charge is 0.468 e. The van der Waals surface area contributed by atoms with Crippen molar-refractivity contribution in [1.82, 2.24) is 0 Å². The number of hydrogen-bond donors (Lipinski definition) is 2. The zero-order chi connectivity index (χ0) is 11.4. The van der Waals surface area contributed by atoms with Crippen molar-refractivity contribution < 1.29 is 22.7 Å². The summed E-state index contributed by atoms with van der Waals surface area (Å²) >= 11 is 0. The number of carbonyl (C=O) groups is 2. The minimum atomic E-state index is -3.74. The van der Waals surface area contributed by atoms with Crippen LogP contribution in [0.15, 0.2) is 0 Å². The smallest absolute Gasteiger partial charge is 0.320 e. The Kier molecular flexibility index (Phi) is 4.51. The third-order valence-corrected chi connectivity index (χ3v) is 2.91. The maximum absolute atomic E-state index is 11.1. The van der Waals surface area contributed by atoms with Gasteiger partial charge in [-0.2, -0.15) is 0 Å². The van der Waals surface area contributed by atoms with Crippen molar-refractivity contribution in [3.05, 3.63) is 0 Å². The lowest BCUT2D eigenvalue weighted by atomic mass is 10.3. The van der Waals surface area contributed by atoms with E-state index in [1.165, 1.54) is 0 Å². The molecule has 0 spiro atoms. The van der Waals surface area contributed by atoms with Gasteiger partial charge in [-0.25, -0.2) is 8.42 Å². The lowest BCUT2D eigenvalue weighted by molar-refractivity contribution is -0.137. The van der Waals surface area contributed by atoms with Crippen LogP contribution in [-0.4, -0.2) is 45.0 Å². The molecule has 0 radical (unpaired) electrons. The molecule has 4 N–H and O–H groups in total. The number of amides is 1. The van der Waals surface area contributed by atoms with E-state index in [1.807, 2.05) is 0 Å². The number of sulfone groups is 1. The van der Waals surface area contributed by atoms with Gasteiger partial charge in [0.2, 0.25) is 5.91 Å². The van der Waals surface area contributed by atoms with Crippen LogP contribution in [0.25, 0.3) is 0 Å². The van der Waals surface area contributed by atoms with Crippen molar-refractivity contribution in [3.8, 4) is 0 Å². The second-order valence-corrected chi connectivity index (χ2v) is 4.75. The summed E-state index contributed by atoms with van der Waals surface area (Å²) in [6.45, 7) is 0. The molecule has 82 valence electrons. The van der Waals surface area contributed by atoms with E-state index >= 15 is 0 Å². The normalized spacial score (nSPS) is 13.3. The molecule has 14 heavy (non-hydrogen) atoms. The molecular weight excluding hydrogens is 212 g/mol.